The van der Waals surface area contributed by atoms with Crippen LogP contribution in [0.4, 0.5) is 0 Å². The number of hydrogen-bond donors (Lipinski definition) is 3. The summed E-state index contributed by atoms with van der Waals surface area (Å²) in [6.07, 6.45) is 3.55. The topological polar surface area (TPSA) is 75.3 Å². The van der Waals surface area contributed by atoms with Gasteiger partial charge in [0.15, 0.2) is 0 Å². The van der Waals surface area contributed by atoms with Crippen LogP contribution in [0.1, 0.15) is 39.5 Å². The van der Waals surface area contributed by atoms with Gasteiger partial charge in [0.25, 0.3) is 0 Å². The zero-order valence-electron chi connectivity index (χ0n) is 10.4. The summed E-state index contributed by atoms with van der Waals surface area (Å²) in [6, 6.07) is 0. The minimum absolute atomic E-state index is 0.0646. The van der Waals surface area contributed by atoms with Crippen LogP contribution in [0.5, 0.6) is 0 Å². The van der Waals surface area contributed by atoms with Crippen LogP contribution in [0.25, 0.3) is 0 Å². The standard InChI is InChI=1S/C12H24N2O2/c1-3-11(4-2,9-15)8-14-10(16)12(7-13)5-6-12/h15H,3-9,13H2,1-2H3,(H,14,16). The van der Waals surface area contributed by atoms with Crippen molar-refractivity contribution in [3.63, 3.8) is 0 Å². The van der Waals surface area contributed by atoms with E-state index in [9.17, 15) is 9.90 Å². The lowest BCUT2D eigenvalue weighted by Gasteiger charge is -2.30. The van der Waals surface area contributed by atoms with Crippen LogP contribution >= 0.6 is 0 Å². The van der Waals surface area contributed by atoms with Gasteiger partial charge in [-0.1, -0.05) is 13.8 Å². The molecule has 0 aromatic heterocycles. The van der Waals surface area contributed by atoms with Gasteiger partial charge in [0.1, 0.15) is 0 Å². The number of aliphatic hydroxyl groups excluding tert-OH is 1. The van der Waals surface area contributed by atoms with Crippen molar-refractivity contribution in [1.82, 2.24) is 5.32 Å². The lowest BCUT2D eigenvalue weighted by Crippen LogP contribution is -2.44. The van der Waals surface area contributed by atoms with Gasteiger partial charge < -0.3 is 16.2 Å². The molecule has 94 valence electrons. The number of rotatable bonds is 7. The molecule has 0 spiro atoms. The number of carbonyl (C=O) groups excluding carboxylic acids is 1. The molecule has 1 aliphatic rings. The summed E-state index contributed by atoms with van der Waals surface area (Å²) in [4.78, 5) is 11.9. The minimum Gasteiger partial charge on any atom is -0.396 e. The van der Waals surface area contributed by atoms with Crippen molar-refractivity contribution in [3.8, 4) is 0 Å². The SMILES string of the molecule is CCC(CC)(CO)CNC(=O)C1(CN)CC1. The largest absolute Gasteiger partial charge is 0.396 e. The third-order valence-corrected chi connectivity index (χ3v) is 4.19. The van der Waals surface area contributed by atoms with Crippen LogP contribution in [-0.4, -0.2) is 30.7 Å². The first-order chi connectivity index (χ1) is 7.58. The molecule has 0 saturated heterocycles. The Bertz CT molecular complexity index is 237. The fourth-order valence-electron chi connectivity index (χ4n) is 1.91. The highest BCUT2D eigenvalue weighted by molar-refractivity contribution is 5.85. The quantitative estimate of drug-likeness (QED) is 0.598. The summed E-state index contributed by atoms with van der Waals surface area (Å²) in [5.41, 5.74) is 5.14. The molecule has 16 heavy (non-hydrogen) atoms. The maximum Gasteiger partial charge on any atom is 0.227 e. The molecule has 1 rings (SSSR count). The maximum atomic E-state index is 11.9. The van der Waals surface area contributed by atoms with Gasteiger partial charge >= 0.3 is 0 Å². The molecular weight excluding hydrogens is 204 g/mol. The summed E-state index contributed by atoms with van der Waals surface area (Å²) in [7, 11) is 0. The first kappa shape index (κ1) is 13.5. The second-order valence-corrected chi connectivity index (χ2v) is 5.03. The van der Waals surface area contributed by atoms with E-state index in [4.69, 9.17) is 5.73 Å². The Labute approximate surface area is 97.6 Å². The molecule has 4 heteroatoms. The third-order valence-electron chi connectivity index (χ3n) is 4.19. The lowest BCUT2D eigenvalue weighted by molar-refractivity contribution is -0.126. The number of aliphatic hydroxyl groups is 1. The average Bonchev–Trinajstić information content (AvgIpc) is 3.12. The van der Waals surface area contributed by atoms with Crippen molar-refractivity contribution in [1.29, 1.82) is 0 Å². The Balaban J connectivity index is 2.47. The van der Waals surface area contributed by atoms with E-state index in [1.165, 1.54) is 0 Å². The van der Waals surface area contributed by atoms with Gasteiger partial charge in [-0.15, -0.1) is 0 Å². The highest BCUT2D eigenvalue weighted by Crippen LogP contribution is 2.44. The molecule has 0 aliphatic heterocycles. The summed E-state index contributed by atoms with van der Waals surface area (Å²) in [5.74, 6) is 0.0646. The van der Waals surface area contributed by atoms with Gasteiger partial charge in [-0.2, -0.15) is 0 Å². The van der Waals surface area contributed by atoms with Gasteiger partial charge in [0.05, 0.1) is 12.0 Å². The molecule has 1 aliphatic carbocycles. The predicted molar refractivity (Wildman–Crippen MR) is 63.8 cm³/mol. The van der Waals surface area contributed by atoms with Crippen LogP contribution in [-0.2, 0) is 4.79 Å². The Morgan fingerprint density at radius 1 is 1.44 bits per heavy atom. The molecule has 0 atom stereocenters. The molecular formula is C12H24N2O2. The smallest absolute Gasteiger partial charge is 0.227 e. The molecule has 0 heterocycles. The molecule has 0 bridgehead atoms. The van der Waals surface area contributed by atoms with Gasteiger partial charge in [0.2, 0.25) is 5.91 Å². The summed E-state index contributed by atoms with van der Waals surface area (Å²) in [6.45, 7) is 5.19. The number of hydrogen-bond acceptors (Lipinski definition) is 3. The molecule has 0 aromatic carbocycles. The molecule has 4 N–H and O–H groups in total. The molecule has 0 unspecified atom stereocenters. The van der Waals surface area contributed by atoms with Gasteiger partial charge in [0, 0.05) is 18.5 Å². The zero-order valence-corrected chi connectivity index (χ0v) is 10.4. The predicted octanol–water partition coefficient (Wildman–Crippen LogP) is 0.640. The number of nitrogens with two attached hydrogens (primary N) is 1. The lowest BCUT2D eigenvalue weighted by atomic mass is 9.83. The van der Waals surface area contributed by atoms with Crippen LogP contribution < -0.4 is 11.1 Å². The van der Waals surface area contributed by atoms with E-state index < -0.39 is 0 Å². The van der Waals surface area contributed by atoms with Crippen molar-refractivity contribution in [3.05, 3.63) is 0 Å². The second-order valence-electron chi connectivity index (χ2n) is 5.03. The van der Waals surface area contributed by atoms with E-state index in [2.05, 4.69) is 5.32 Å². The highest BCUT2D eigenvalue weighted by Gasteiger charge is 2.48. The Morgan fingerprint density at radius 2 is 2.00 bits per heavy atom. The first-order valence-electron chi connectivity index (χ1n) is 6.17. The van der Waals surface area contributed by atoms with Crippen LogP contribution in [0.15, 0.2) is 0 Å². The van der Waals surface area contributed by atoms with Crippen LogP contribution in [0.2, 0.25) is 0 Å². The summed E-state index contributed by atoms with van der Waals surface area (Å²) >= 11 is 0. The maximum absolute atomic E-state index is 11.9. The van der Waals surface area contributed by atoms with Crippen molar-refractivity contribution in [2.75, 3.05) is 19.7 Å². The normalized spacial score (nSPS) is 18.2. The molecule has 1 fully saturated rings. The van der Waals surface area contributed by atoms with Crippen molar-refractivity contribution in [2.24, 2.45) is 16.6 Å². The fourth-order valence-corrected chi connectivity index (χ4v) is 1.91. The third kappa shape index (κ3) is 2.55. The first-order valence-corrected chi connectivity index (χ1v) is 6.17. The van der Waals surface area contributed by atoms with Crippen molar-refractivity contribution < 1.29 is 9.90 Å². The zero-order chi connectivity index (χ0) is 12.2. The van der Waals surface area contributed by atoms with Crippen molar-refractivity contribution >= 4 is 5.91 Å². The molecule has 1 saturated carbocycles. The Morgan fingerprint density at radius 3 is 2.31 bits per heavy atom. The number of carbonyl (C=O) groups is 1. The monoisotopic (exact) mass is 228 g/mol. The van der Waals surface area contributed by atoms with Gasteiger partial charge in [-0.25, -0.2) is 0 Å². The van der Waals surface area contributed by atoms with Gasteiger partial charge in [-0.3, -0.25) is 4.79 Å². The molecule has 4 nitrogen and oxygen atoms in total. The second kappa shape index (κ2) is 5.15. The van der Waals surface area contributed by atoms with Crippen LogP contribution in [0, 0.1) is 10.8 Å². The number of nitrogens with one attached hydrogen (secondary N) is 1. The van der Waals surface area contributed by atoms with E-state index in [1.807, 2.05) is 13.8 Å². The highest BCUT2D eigenvalue weighted by atomic mass is 16.3. The summed E-state index contributed by atoms with van der Waals surface area (Å²) in [5, 5.41) is 12.3. The Kier molecular flexibility index (Phi) is 4.33. The summed E-state index contributed by atoms with van der Waals surface area (Å²) < 4.78 is 0. The number of amides is 1. The minimum atomic E-state index is -0.289. The molecule has 1 amide bonds. The van der Waals surface area contributed by atoms with E-state index in [-0.39, 0.29) is 23.3 Å². The van der Waals surface area contributed by atoms with E-state index in [0.29, 0.717) is 13.1 Å². The van der Waals surface area contributed by atoms with Gasteiger partial charge in [-0.05, 0) is 25.7 Å². The van der Waals surface area contributed by atoms with Crippen molar-refractivity contribution in [2.45, 2.75) is 39.5 Å². The fraction of sp³-hybridized carbons (Fsp3) is 0.917. The average molecular weight is 228 g/mol. The van der Waals surface area contributed by atoms with E-state index in [0.717, 1.165) is 25.7 Å². The Hall–Kier alpha value is -0.610. The molecule has 0 aromatic rings. The molecule has 0 radical (unpaired) electrons. The van der Waals surface area contributed by atoms with E-state index >= 15 is 0 Å². The van der Waals surface area contributed by atoms with Crippen LogP contribution in [0.3, 0.4) is 0 Å². The van der Waals surface area contributed by atoms with E-state index in [1.54, 1.807) is 0 Å².